The van der Waals surface area contributed by atoms with Crippen molar-refractivity contribution in [2.24, 2.45) is 0 Å². The quantitative estimate of drug-likeness (QED) is 0.375. The van der Waals surface area contributed by atoms with Crippen molar-refractivity contribution in [3.05, 3.63) is 102 Å². The van der Waals surface area contributed by atoms with Gasteiger partial charge in [-0.3, -0.25) is 9.59 Å². The highest BCUT2D eigenvalue weighted by molar-refractivity contribution is 6.04. The summed E-state index contributed by atoms with van der Waals surface area (Å²) >= 11 is 0. The van der Waals surface area contributed by atoms with E-state index in [2.05, 4.69) is 10.3 Å². The lowest BCUT2D eigenvalue weighted by atomic mass is 10.2. The minimum Gasteiger partial charge on any atom is -0.444 e. The lowest BCUT2D eigenvalue weighted by Gasteiger charge is -2.07. The third-order valence-corrected chi connectivity index (χ3v) is 4.28. The van der Waals surface area contributed by atoms with Gasteiger partial charge in [-0.25, -0.2) is 4.98 Å². The Hall–Kier alpha value is -4.19. The number of anilines is 1. The molecule has 4 aromatic rings. The van der Waals surface area contributed by atoms with Gasteiger partial charge in [-0.05, 0) is 48.5 Å². The van der Waals surface area contributed by atoms with Gasteiger partial charge < -0.3 is 14.5 Å². The lowest BCUT2D eigenvalue weighted by Crippen LogP contribution is -2.12. The Morgan fingerprint density at radius 1 is 0.867 bits per heavy atom. The molecule has 6 heteroatoms. The summed E-state index contributed by atoms with van der Waals surface area (Å²) in [5.74, 6) is 0.172. The second-order valence-electron chi connectivity index (χ2n) is 6.51. The number of benzene rings is 3. The van der Waals surface area contributed by atoms with E-state index < -0.39 is 5.97 Å². The van der Waals surface area contributed by atoms with E-state index in [1.165, 1.54) is 6.26 Å². The van der Waals surface area contributed by atoms with Crippen LogP contribution >= 0.6 is 0 Å². The summed E-state index contributed by atoms with van der Waals surface area (Å²) in [6, 6.07) is 25.0. The molecule has 4 rings (SSSR count). The van der Waals surface area contributed by atoms with Crippen molar-refractivity contribution in [3.63, 3.8) is 0 Å². The summed E-state index contributed by atoms with van der Waals surface area (Å²) in [6.45, 7) is 0. The largest absolute Gasteiger partial charge is 0.444 e. The summed E-state index contributed by atoms with van der Waals surface area (Å²) in [5.41, 5.74) is 2.50. The number of hydrogen-bond acceptors (Lipinski definition) is 5. The van der Waals surface area contributed by atoms with Crippen molar-refractivity contribution < 1.29 is 18.7 Å². The van der Waals surface area contributed by atoms with Crippen LogP contribution in [0.3, 0.4) is 0 Å². The molecule has 0 aliphatic heterocycles. The molecule has 0 aliphatic rings. The maximum atomic E-state index is 12.2. The fourth-order valence-corrected chi connectivity index (χ4v) is 2.82. The Morgan fingerprint density at radius 3 is 2.23 bits per heavy atom. The van der Waals surface area contributed by atoms with Crippen molar-refractivity contribution in [1.29, 1.82) is 0 Å². The average molecular weight is 398 g/mol. The lowest BCUT2D eigenvalue weighted by molar-refractivity contribution is -0.133. The first kappa shape index (κ1) is 19.1. The topological polar surface area (TPSA) is 81.4 Å². The maximum absolute atomic E-state index is 12.2. The van der Waals surface area contributed by atoms with Gasteiger partial charge in [0.2, 0.25) is 5.89 Å². The highest BCUT2D eigenvalue weighted by atomic mass is 16.5. The molecule has 1 amide bonds. The summed E-state index contributed by atoms with van der Waals surface area (Å²) in [5, 5.41) is 2.80. The predicted molar refractivity (Wildman–Crippen MR) is 112 cm³/mol. The van der Waals surface area contributed by atoms with E-state index in [0.29, 0.717) is 28.6 Å². The minimum absolute atomic E-state index is 0.0111. The van der Waals surface area contributed by atoms with Crippen LogP contribution in [0.2, 0.25) is 0 Å². The summed E-state index contributed by atoms with van der Waals surface area (Å²) < 4.78 is 10.8. The van der Waals surface area contributed by atoms with E-state index in [0.717, 1.165) is 5.56 Å². The van der Waals surface area contributed by atoms with E-state index in [1.54, 1.807) is 48.5 Å². The number of oxazole rings is 1. The smallest absolute Gasteiger partial charge is 0.317 e. The number of hydrogen-bond donors (Lipinski definition) is 1. The molecule has 148 valence electrons. The number of nitrogens with zero attached hydrogens (tertiary/aromatic N) is 1. The van der Waals surface area contributed by atoms with Crippen molar-refractivity contribution >= 4 is 17.6 Å². The average Bonchev–Trinajstić information content (AvgIpc) is 3.24. The molecule has 1 N–H and O–H groups in total. The fourth-order valence-electron chi connectivity index (χ4n) is 2.82. The first-order valence-electron chi connectivity index (χ1n) is 9.34. The third kappa shape index (κ3) is 4.80. The highest BCUT2D eigenvalue weighted by Gasteiger charge is 2.12. The molecule has 0 radical (unpaired) electrons. The zero-order valence-electron chi connectivity index (χ0n) is 15.9. The number of carbonyl (C=O) groups excluding carboxylic acids is 2. The van der Waals surface area contributed by atoms with Crippen molar-refractivity contribution in [3.8, 4) is 17.2 Å². The van der Waals surface area contributed by atoms with Gasteiger partial charge in [-0.15, -0.1) is 0 Å². The molecular weight excluding hydrogens is 380 g/mol. The molecule has 0 fully saturated rings. The van der Waals surface area contributed by atoms with Crippen LogP contribution in [-0.2, 0) is 11.2 Å². The molecule has 0 saturated heterocycles. The van der Waals surface area contributed by atoms with Crippen LogP contribution in [-0.4, -0.2) is 16.9 Å². The van der Waals surface area contributed by atoms with Gasteiger partial charge in [0.1, 0.15) is 12.0 Å². The summed E-state index contributed by atoms with van der Waals surface area (Å²) in [7, 11) is 0. The van der Waals surface area contributed by atoms with Gasteiger partial charge in [0.15, 0.2) is 0 Å². The van der Waals surface area contributed by atoms with Gasteiger partial charge in [-0.2, -0.15) is 0 Å². The fraction of sp³-hybridized carbons (Fsp3) is 0.0417. The molecule has 0 unspecified atom stereocenters. The highest BCUT2D eigenvalue weighted by Crippen LogP contribution is 2.20. The van der Waals surface area contributed by atoms with Crippen LogP contribution in [0.25, 0.3) is 11.5 Å². The number of esters is 1. The Balaban J connectivity index is 1.33. The number of rotatable bonds is 6. The minimum atomic E-state index is -0.455. The number of ether oxygens (including phenoxy) is 1. The number of amides is 1. The van der Waals surface area contributed by atoms with Gasteiger partial charge in [0.25, 0.3) is 5.91 Å². The molecular formula is C24H18N2O4. The van der Waals surface area contributed by atoms with Crippen molar-refractivity contribution in [2.45, 2.75) is 6.42 Å². The zero-order valence-corrected chi connectivity index (χ0v) is 15.9. The first-order chi connectivity index (χ1) is 14.7. The SMILES string of the molecule is O=C(Cc1coc(-c2ccccc2)n1)Oc1ccc(NC(=O)c2ccccc2)cc1. The van der Waals surface area contributed by atoms with Gasteiger partial charge in [-0.1, -0.05) is 36.4 Å². The van der Waals surface area contributed by atoms with Crippen LogP contribution in [0, 0.1) is 0 Å². The molecule has 0 atom stereocenters. The molecule has 30 heavy (non-hydrogen) atoms. The summed E-state index contributed by atoms with van der Waals surface area (Å²) in [4.78, 5) is 28.7. The van der Waals surface area contributed by atoms with E-state index in [4.69, 9.17) is 9.15 Å². The molecule has 0 saturated carbocycles. The number of nitrogens with one attached hydrogen (secondary N) is 1. The normalized spacial score (nSPS) is 10.4. The van der Waals surface area contributed by atoms with Gasteiger partial charge in [0, 0.05) is 16.8 Å². The zero-order chi connectivity index (χ0) is 20.8. The van der Waals surface area contributed by atoms with Crippen molar-refractivity contribution in [1.82, 2.24) is 4.98 Å². The number of aromatic nitrogens is 1. The molecule has 6 nitrogen and oxygen atoms in total. The molecule has 0 spiro atoms. The predicted octanol–water partition coefficient (Wildman–Crippen LogP) is 4.74. The van der Waals surface area contributed by atoms with E-state index in [9.17, 15) is 9.59 Å². The van der Waals surface area contributed by atoms with Crippen LogP contribution in [0.15, 0.2) is 95.6 Å². The summed E-state index contributed by atoms with van der Waals surface area (Å²) in [6.07, 6.45) is 1.44. The van der Waals surface area contributed by atoms with E-state index in [1.807, 2.05) is 36.4 Å². The number of carbonyl (C=O) groups is 2. The molecule has 3 aromatic carbocycles. The molecule has 0 bridgehead atoms. The van der Waals surface area contributed by atoms with Crippen LogP contribution in [0.5, 0.6) is 5.75 Å². The standard InChI is InChI=1S/C24H18N2O4/c27-22(15-20-16-29-24(26-20)18-9-5-2-6-10-18)30-21-13-11-19(12-14-21)25-23(28)17-7-3-1-4-8-17/h1-14,16H,15H2,(H,25,28). The maximum Gasteiger partial charge on any atom is 0.317 e. The molecule has 0 aliphatic carbocycles. The second kappa shape index (κ2) is 8.87. The Bertz CT molecular complexity index is 1140. The van der Waals surface area contributed by atoms with Crippen LogP contribution in [0.4, 0.5) is 5.69 Å². The van der Waals surface area contributed by atoms with E-state index in [-0.39, 0.29) is 12.3 Å². The molecule has 1 aromatic heterocycles. The van der Waals surface area contributed by atoms with Gasteiger partial charge >= 0.3 is 5.97 Å². The van der Waals surface area contributed by atoms with E-state index >= 15 is 0 Å². The van der Waals surface area contributed by atoms with Crippen LogP contribution < -0.4 is 10.1 Å². The Morgan fingerprint density at radius 2 is 1.53 bits per heavy atom. The first-order valence-corrected chi connectivity index (χ1v) is 9.34. The van der Waals surface area contributed by atoms with Crippen molar-refractivity contribution in [2.75, 3.05) is 5.32 Å². The Labute approximate surface area is 173 Å². The molecule has 1 heterocycles. The Kier molecular flexibility index (Phi) is 5.66. The second-order valence-corrected chi connectivity index (χ2v) is 6.51. The van der Waals surface area contributed by atoms with Gasteiger partial charge in [0.05, 0.1) is 12.1 Å². The third-order valence-electron chi connectivity index (χ3n) is 4.28. The van der Waals surface area contributed by atoms with Crippen LogP contribution in [0.1, 0.15) is 16.1 Å². The monoisotopic (exact) mass is 398 g/mol.